The molecule has 1 aliphatic heterocycles. The molecule has 1 heterocycles. The summed E-state index contributed by atoms with van der Waals surface area (Å²) in [5.74, 6) is -0.803. The van der Waals surface area contributed by atoms with Gasteiger partial charge in [0, 0.05) is 18.6 Å². The molecule has 0 bridgehead atoms. The van der Waals surface area contributed by atoms with Crippen LogP contribution in [0.3, 0.4) is 0 Å². The molecule has 1 aromatic carbocycles. The fourth-order valence-electron chi connectivity index (χ4n) is 2.95. The quantitative estimate of drug-likeness (QED) is 0.926. The highest BCUT2D eigenvalue weighted by Crippen LogP contribution is 2.31. The number of carbonyl (C=O) groups excluding carboxylic acids is 1. The number of halogens is 2. The third-order valence-electron chi connectivity index (χ3n) is 4.25. The Bertz CT molecular complexity index is 507. The van der Waals surface area contributed by atoms with Gasteiger partial charge in [0.2, 0.25) is 0 Å². The highest BCUT2D eigenvalue weighted by Gasteiger charge is 2.36. The number of carbonyl (C=O) groups is 1. The van der Waals surface area contributed by atoms with E-state index in [0.717, 1.165) is 25.8 Å². The first-order valence-corrected chi connectivity index (χ1v) is 8.03. The molecule has 0 aromatic heterocycles. The lowest BCUT2D eigenvalue weighted by Crippen LogP contribution is -2.46. The van der Waals surface area contributed by atoms with Crippen LogP contribution in [0.1, 0.15) is 42.5 Å². The second kappa shape index (κ2) is 6.32. The van der Waals surface area contributed by atoms with E-state index in [0.29, 0.717) is 12.6 Å². The van der Waals surface area contributed by atoms with Crippen LogP contribution < -0.4 is 5.32 Å². The summed E-state index contributed by atoms with van der Waals surface area (Å²) in [5.41, 5.74) is 0.0156. The van der Waals surface area contributed by atoms with Crippen LogP contribution in [-0.4, -0.2) is 36.0 Å². The van der Waals surface area contributed by atoms with E-state index in [1.807, 2.05) is 4.90 Å². The van der Waals surface area contributed by atoms with Crippen LogP contribution in [0.5, 0.6) is 0 Å². The van der Waals surface area contributed by atoms with Crippen molar-refractivity contribution in [2.75, 3.05) is 13.1 Å². The lowest BCUT2D eigenvalue weighted by Gasteiger charge is -2.31. The molecule has 1 atom stereocenters. The summed E-state index contributed by atoms with van der Waals surface area (Å²) in [6.45, 7) is 1.64. The van der Waals surface area contributed by atoms with Crippen molar-refractivity contribution >= 4 is 17.5 Å². The molecular formula is C16H20ClFN2O. The van der Waals surface area contributed by atoms with Gasteiger partial charge in [0.05, 0.1) is 10.6 Å². The lowest BCUT2D eigenvalue weighted by molar-refractivity contribution is 0.0713. The average molecular weight is 311 g/mol. The van der Waals surface area contributed by atoms with Crippen molar-refractivity contribution in [1.29, 1.82) is 0 Å². The second-order valence-corrected chi connectivity index (χ2v) is 6.34. The molecule has 21 heavy (non-hydrogen) atoms. The van der Waals surface area contributed by atoms with Gasteiger partial charge in [-0.15, -0.1) is 0 Å². The van der Waals surface area contributed by atoms with Gasteiger partial charge in [0.1, 0.15) is 5.82 Å². The van der Waals surface area contributed by atoms with Gasteiger partial charge in [-0.05, 0) is 44.4 Å². The third kappa shape index (κ3) is 3.38. The minimum atomic E-state index is -0.533. The van der Waals surface area contributed by atoms with E-state index in [1.54, 1.807) is 6.07 Å². The maximum atomic E-state index is 14.0. The average Bonchev–Trinajstić information content (AvgIpc) is 3.30. The number of benzene rings is 1. The Labute approximate surface area is 129 Å². The Hall–Kier alpha value is -1.13. The number of hydrogen-bond donors (Lipinski definition) is 1. The third-order valence-corrected chi connectivity index (χ3v) is 4.57. The van der Waals surface area contributed by atoms with E-state index in [-0.39, 0.29) is 22.5 Å². The lowest BCUT2D eigenvalue weighted by atomic mass is 10.0. The zero-order valence-electron chi connectivity index (χ0n) is 11.9. The standard InChI is InChI=1S/C16H20ClFN2O/c17-13-5-3-6-14(18)15(13)16(21)20(12-7-8-12)10-11-4-1-2-9-19-11/h3,5-6,11-12,19H,1-2,4,7-10H2. The molecule has 1 N–H and O–H groups in total. The Morgan fingerprint density at radius 2 is 2.14 bits per heavy atom. The van der Waals surface area contributed by atoms with Gasteiger partial charge < -0.3 is 10.2 Å². The molecule has 2 aliphatic rings. The normalized spacial score (nSPS) is 22.1. The molecule has 1 saturated heterocycles. The predicted molar refractivity (Wildman–Crippen MR) is 81.1 cm³/mol. The molecule has 1 aliphatic carbocycles. The summed E-state index contributed by atoms with van der Waals surface area (Å²) in [4.78, 5) is 14.5. The van der Waals surface area contributed by atoms with Crippen LogP contribution in [0, 0.1) is 5.82 Å². The first-order valence-electron chi connectivity index (χ1n) is 7.65. The van der Waals surface area contributed by atoms with E-state index in [9.17, 15) is 9.18 Å². The maximum Gasteiger partial charge on any atom is 0.258 e. The van der Waals surface area contributed by atoms with Gasteiger partial charge in [-0.25, -0.2) is 4.39 Å². The summed E-state index contributed by atoms with van der Waals surface area (Å²) in [6.07, 6.45) is 5.45. The molecule has 1 unspecified atom stereocenters. The van der Waals surface area contributed by atoms with Crippen molar-refractivity contribution in [3.05, 3.63) is 34.6 Å². The van der Waals surface area contributed by atoms with Crippen LogP contribution in [0.15, 0.2) is 18.2 Å². The van der Waals surface area contributed by atoms with E-state index < -0.39 is 5.82 Å². The molecule has 114 valence electrons. The van der Waals surface area contributed by atoms with Crippen LogP contribution in [0.2, 0.25) is 5.02 Å². The number of hydrogen-bond acceptors (Lipinski definition) is 2. The van der Waals surface area contributed by atoms with Crippen molar-refractivity contribution < 1.29 is 9.18 Å². The van der Waals surface area contributed by atoms with Gasteiger partial charge in [-0.2, -0.15) is 0 Å². The highest BCUT2D eigenvalue weighted by molar-refractivity contribution is 6.33. The maximum absolute atomic E-state index is 14.0. The Balaban J connectivity index is 1.78. The largest absolute Gasteiger partial charge is 0.334 e. The molecule has 2 fully saturated rings. The Morgan fingerprint density at radius 3 is 2.76 bits per heavy atom. The molecule has 1 saturated carbocycles. The van der Waals surface area contributed by atoms with Crippen molar-refractivity contribution in [2.45, 2.75) is 44.2 Å². The number of nitrogens with zero attached hydrogens (tertiary/aromatic N) is 1. The zero-order chi connectivity index (χ0) is 14.8. The fraction of sp³-hybridized carbons (Fsp3) is 0.562. The van der Waals surface area contributed by atoms with Crippen LogP contribution in [0.25, 0.3) is 0 Å². The summed E-state index contributed by atoms with van der Waals surface area (Å²) in [7, 11) is 0. The monoisotopic (exact) mass is 310 g/mol. The predicted octanol–water partition coefficient (Wildman–Crippen LogP) is 3.23. The van der Waals surface area contributed by atoms with E-state index in [4.69, 9.17) is 11.6 Å². The summed E-state index contributed by atoms with van der Waals surface area (Å²) >= 11 is 6.03. The van der Waals surface area contributed by atoms with E-state index >= 15 is 0 Å². The molecule has 1 aromatic rings. The van der Waals surface area contributed by atoms with E-state index in [2.05, 4.69) is 5.32 Å². The minimum Gasteiger partial charge on any atom is -0.334 e. The van der Waals surface area contributed by atoms with Gasteiger partial charge in [0.15, 0.2) is 0 Å². The van der Waals surface area contributed by atoms with Crippen molar-refractivity contribution in [3.8, 4) is 0 Å². The Morgan fingerprint density at radius 1 is 1.33 bits per heavy atom. The van der Waals surface area contributed by atoms with Gasteiger partial charge in [-0.3, -0.25) is 4.79 Å². The molecule has 3 rings (SSSR count). The molecular weight excluding hydrogens is 291 g/mol. The zero-order valence-corrected chi connectivity index (χ0v) is 12.7. The molecule has 1 amide bonds. The fourth-order valence-corrected chi connectivity index (χ4v) is 3.19. The second-order valence-electron chi connectivity index (χ2n) is 5.93. The number of piperidine rings is 1. The van der Waals surface area contributed by atoms with Crippen molar-refractivity contribution in [2.24, 2.45) is 0 Å². The molecule has 5 heteroatoms. The van der Waals surface area contributed by atoms with Gasteiger partial charge in [0.25, 0.3) is 5.91 Å². The van der Waals surface area contributed by atoms with Crippen LogP contribution in [-0.2, 0) is 0 Å². The molecule has 0 radical (unpaired) electrons. The topological polar surface area (TPSA) is 32.3 Å². The van der Waals surface area contributed by atoms with Crippen LogP contribution >= 0.6 is 11.6 Å². The smallest absolute Gasteiger partial charge is 0.258 e. The number of nitrogens with one attached hydrogen (secondary N) is 1. The first kappa shape index (κ1) is 14.8. The van der Waals surface area contributed by atoms with Crippen LogP contribution in [0.4, 0.5) is 4.39 Å². The van der Waals surface area contributed by atoms with Crippen molar-refractivity contribution in [1.82, 2.24) is 10.2 Å². The SMILES string of the molecule is O=C(c1c(F)cccc1Cl)N(CC1CCCCN1)C1CC1. The molecule has 3 nitrogen and oxygen atoms in total. The number of rotatable bonds is 4. The van der Waals surface area contributed by atoms with Gasteiger partial charge in [-0.1, -0.05) is 24.1 Å². The summed E-state index contributed by atoms with van der Waals surface area (Å²) in [6, 6.07) is 4.95. The van der Waals surface area contributed by atoms with Crippen molar-refractivity contribution in [3.63, 3.8) is 0 Å². The van der Waals surface area contributed by atoms with E-state index in [1.165, 1.54) is 25.0 Å². The first-order chi connectivity index (χ1) is 10.2. The summed E-state index contributed by atoms with van der Waals surface area (Å²) < 4.78 is 14.0. The molecule has 0 spiro atoms. The minimum absolute atomic E-state index is 0.0156. The number of amides is 1. The summed E-state index contributed by atoms with van der Waals surface area (Å²) in [5, 5.41) is 3.64. The van der Waals surface area contributed by atoms with Gasteiger partial charge >= 0.3 is 0 Å². The highest BCUT2D eigenvalue weighted by atomic mass is 35.5. The Kier molecular flexibility index (Phi) is 4.45.